The summed E-state index contributed by atoms with van der Waals surface area (Å²) < 4.78 is 7.24. The Bertz CT molecular complexity index is 652. The molecule has 0 aliphatic carbocycles. The molecule has 0 saturated heterocycles. The summed E-state index contributed by atoms with van der Waals surface area (Å²) in [5.41, 5.74) is 7.07. The molecule has 0 fully saturated rings. The molecule has 128 valence electrons. The van der Waals surface area contributed by atoms with Crippen LogP contribution in [0.4, 0.5) is 5.69 Å². The lowest BCUT2D eigenvalue weighted by Crippen LogP contribution is -2.48. The monoisotopic (exact) mass is 339 g/mol. The molecule has 0 aliphatic rings. The summed E-state index contributed by atoms with van der Waals surface area (Å²) in [4.78, 5) is 12.3. The predicted octanol–water partition coefficient (Wildman–Crippen LogP) is 3.17. The first-order valence-corrected chi connectivity index (χ1v) is 7.66. The Morgan fingerprint density at radius 3 is 2.78 bits per heavy atom. The third-order valence-electron chi connectivity index (χ3n) is 3.86. The number of methoxy groups -OCH3 is 1. The highest BCUT2D eigenvalue weighted by Gasteiger charge is 2.27. The van der Waals surface area contributed by atoms with E-state index in [1.807, 2.05) is 31.3 Å². The van der Waals surface area contributed by atoms with Crippen LogP contribution in [-0.2, 0) is 16.1 Å². The number of benzene rings is 1. The number of hydrogen-bond acceptors (Lipinski definition) is 3. The van der Waals surface area contributed by atoms with Gasteiger partial charge in [0.2, 0.25) is 5.91 Å². The highest BCUT2D eigenvalue weighted by atomic mass is 35.5. The Kier molecular flexibility index (Phi) is 7.06. The highest BCUT2D eigenvalue weighted by molar-refractivity contribution is 5.99. The van der Waals surface area contributed by atoms with Crippen molar-refractivity contribution in [3.8, 4) is 0 Å². The number of aromatic nitrogens is 1. The van der Waals surface area contributed by atoms with Gasteiger partial charge in [0, 0.05) is 25.5 Å². The van der Waals surface area contributed by atoms with Crippen LogP contribution in [0.25, 0.3) is 10.9 Å². The van der Waals surface area contributed by atoms with Crippen molar-refractivity contribution in [3.63, 3.8) is 0 Å². The van der Waals surface area contributed by atoms with Gasteiger partial charge in [-0.2, -0.15) is 0 Å². The quantitative estimate of drug-likeness (QED) is 0.814. The maximum Gasteiger partial charge on any atom is 0.244 e. The number of carbonyl (C=O) groups excluding carboxylic acids is 1. The molecule has 0 saturated carbocycles. The average Bonchev–Trinajstić information content (AvgIpc) is 2.87. The van der Waals surface area contributed by atoms with Crippen LogP contribution in [0.15, 0.2) is 30.5 Å². The zero-order valence-electron chi connectivity index (χ0n) is 14.0. The highest BCUT2D eigenvalue weighted by Crippen LogP contribution is 2.22. The fourth-order valence-corrected chi connectivity index (χ4v) is 2.55. The van der Waals surface area contributed by atoms with Crippen molar-refractivity contribution in [2.24, 2.45) is 5.73 Å². The van der Waals surface area contributed by atoms with Gasteiger partial charge in [-0.1, -0.05) is 19.4 Å². The molecule has 1 aromatic carbocycles. The Hall–Kier alpha value is -1.56. The molecular weight excluding hydrogens is 314 g/mol. The number of nitrogens with two attached hydrogens (primary N) is 1. The molecule has 1 unspecified atom stereocenters. The van der Waals surface area contributed by atoms with E-state index in [4.69, 9.17) is 10.5 Å². The van der Waals surface area contributed by atoms with Gasteiger partial charge in [0.05, 0.1) is 17.7 Å². The molecule has 2 rings (SSSR count). The fraction of sp³-hybridized carbons (Fsp3) is 0.471. The van der Waals surface area contributed by atoms with Gasteiger partial charge in [0.15, 0.2) is 0 Å². The summed E-state index contributed by atoms with van der Waals surface area (Å²) in [5.74, 6) is -0.149. The second-order valence-corrected chi connectivity index (χ2v) is 5.90. The SMILES string of the molecule is CCCC(C)(N)C(=O)Nc1ccc2ccn(CCOC)c2c1.Cl. The number of fused-ring (bicyclic) bond motifs is 1. The molecule has 3 N–H and O–H groups in total. The number of hydrogen-bond donors (Lipinski definition) is 2. The number of halogens is 1. The van der Waals surface area contributed by atoms with E-state index >= 15 is 0 Å². The Morgan fingerprint density at radius 1 is 1.39 bits per heavy atom. The third-order valence-corrected chi connectivity index (χ3v) is 3.86. The van der Waals surface area contributed by atoms with Gasteiger partial charge in [0.1, 0.15) is 0 Å². The van der Waals surface area contributed by atoms with Crippen molar-refractivity contribution in [2.45, 2.75) is 38.8 Å². The van der Waals surface area contributed by atoms with E-state index in [9.17, 15) is 4.79 Å². The van der Waals surface area contributed by atoms with E-state index in [1.54, 1.807) is 14.0 Å². The second kappa shape index (κ2) is 8.34. The first-order chi connectivity index (χ1) is 10.5. The number of nitrogens with zero attached hydrogens (tertiary/aromatic N) is 1. The average molecular weight is 340 g/mol. The minimum Gasteiger partial charge on any atom is -0.383 e. The van der Waals surface area contributed by atoms with Gasteiger partial charge < -0.3 is 20.4 Å². The summed E-state index contributed by atoms with van der Waals surface area (Å²) in [5, 5.41) is 4.06. The first kappa shape index (κ1) is 19.5. The van der Waals surface area contributed by atoms with E-state index in [1.165, 1.54) is 0 Å². The molecule has 1 atom stereocenters. The molecule has 23 heavy (non-hydrogen) atoms. The molecule has 0 spiro atoms. The summed E-state index contributed by atoms with van der Waals surface area (Å²) in [6, 6.07) is 7.94. The summed E-state index contributed by atoms with van der Waals surface area (Å²) in [6.07, 6.45) is 3.56. The van der Waals surface area contributed by atoms with Gasteiger partial charge >= 0.3 is 0 Å². The van der Waals surface area contributed by atoms with Crippen LogP contribution in [0.1, 0.15) is 26.7 Å². The number of carbonyl (C=O) groups is 1. The molecule has 0 radical (unpaired) electrons. The van der Waals surface area contributed by atoms with Crippen molar-refractivity contribution in [1.82, 2.24) is 4.57 Å². The predicted molar refractivity (Wildman–Crippen MR) is 97.2 cm³/mol. The molecule has 6 heteroatoms. The Morgan fingerprint density at radius 2 is 2.13 bits per heavy atom. The third kappa shape index (κ3) is 4.70. The van der Waals surface area contributed by atoms with Gasteiger partial charge in [0.25, 0.3) is 0 Å². The van der Waals surface area contributed by atoms with E-state index in [0.29, 0.717) is 13.0 Å². The standard InChI is InChI=1S/C17H25N3O2.ClH/c1-4-8-17(2,18)16(21)19-14-6-5-13-7-9-20(10-11-22-3)15(13)12-14;/h5-7,9,12H,4,8,10-11,18H2,1-3H3,(H,19,21);1H. The summed E-state index contributed by atoms with van der Waals surface area (Å²) in [7, 11) is 1.69. The Labute approximate surface area is 143 Å². The lowest BCUT2D eigenvalue weighted by molar-refractivity contribution is -0.120. The lowest BCUT2D eigenvalue weighted by atomic mass is 9.96. The Balaban J connectivity index is 0.00000264. The van der Waals surface area contributed by atoms with Crippen LogP contribution in [-0.4, -0.2) is 29.7 Å². The number of nitrogens with one attached hydrogen (secondary N) is 1. The molecule has 2 aromatic rings. The fourth-order valence-electron chi connectivity index (χ4n) is 2.55. The lowest BCUT2D eigenvalue weighted by Gasteiger charge is -2.22. The van der Waals surface area contributed by atoms with Crippen LogP contribution >= 0.6 is 12.4 Å². The van der Waals surface area contributed by atoms with Crippen LogP contribution in [0.5, 0.6) is 0 Å². The van der Waals surface area contributed by atoms with Gasteiger partial charge in [-0.25, -0.2) is 0 Å². The molecule has 0 bridgehead atoms. The van der Waals surface area contributed by atoms with E-state index < -0.39 is 5.54 Å². The minimum absolute atomic E-state index is 0. The molecule has 1 aromatic heterocycles. The zero-order valence-corrected chi connectivity index (χ0v) is 14.8. The second-order valence-electron chi connectivity index (χ2n) is 5.90. The molecule has 1 amide bonds. The molecule has 1 heterocycles. The van der Waals surface area contributed by atoms with Crippen molar-refractivity contribution in [1.29, 1.82) is 0 Å². The first-order valence-electron chi connectivity index (χ1n) is 7.66. The number of ether oxygens (including phenoxy) is 1. The van der Waals surface area contributed by atoms with Crippen LogP contribution in [0.2, 0.25) is 0 Å². The van der Waals surface area contributed by atoms with E-state index in [2.05, 4.69) is 16.0 Å². The van der Waals surface area contributed by atoms with E-state index in [0.717, 1.165) is 29.6 Å². The van der Waals surface area contributed by atoms with Crippen LogP contribution in [0, 0.1) is 0 Å². The van der Waals surface area contributed by atoms with Crippen LogP contribution < -0.4 is 11.1 Å². The van der Waals surface area contributed by atoms with E-state index in [-0.39, 0.29) is 18.3 Å². The van der Waals surface area contributed by atoms with Gasteiger partial charge in [-0.05, 0) is 36.9 Å². The van der Waals surface area contributed by atoms with Crippen molar-refractivity contribution < 1.29 is 9.53 Å². The zero-order chi connectivity index (χ0) is 16.2. The minimum atomic E-state index is -0.845. The molecule has 5 nitrogen and oxygen atoms in total. The van der Waals surface area contributed by atoms with Crippen molar-refractivity contribution in [2.75, 3.05) is 19.0 Å². The largest absolute Gasteiger partial charge is 0.383 e. The number of anilines is 1. The number of rotatable bonds is 7. The van der Waals surface area contributed by atoms with Gasteiger partial charge in [-0.15, -0.1) is 12.4 Å². The maximum absolute atomic E-state index is 12.3. The van der Waals surface area contributed by atoms with Crippen LogP contribution in [0.3, 0.4) is 0 Å². The maximum atomic E-state index is 12.3. The van der Waals surface area contributed by atoms with Crippen molar-refractivity contribution >= 4 is 34.9 Å². The summed E-state index contributed by atoms with van der Waals surface area (Å²) >= 11 is 0. The van der Waals surface area contributed by atoms with Crippen molar-refractivity contribution in [3.05, 3.63) is 30.5 Å². The molecular formula is C17H26ClN3O2. The smallest absolute Gasteiger partial charge is 0.244 e. The molecule has 0 aliphatic heterocycles. The normalized spacial score (nSPS) is 13.4. The topological polar surface area (TPSA) is 69.3 Å². The summed E-state index contributed by atoms with van der Waals surface area (Å²) in [6.45, 7) is 5.22. The van der Waals surface area contributed by atoms with Gasteiger partial charge in [-0.3, -0.25) is 4.79 Å². The number of amides is 1.